The zero-order valence-electron chi connectivity index (χ0n) is 26.4. The molecule has 3 fully saturated rings. The summed E-state index contributed by atoms with van der Waals surface area (Å²) in [5.41, 5.74) is -0.740. The first-order valence-corrected chi connectivity index (χ1v) is 20.5. The summed E-state index contributed by atoms with van der Waals surface area (Å²) in [5.74, 6) is -0.541. The van der Waals surface area contributed by atoms with E-state index in [1.807, 2.05) is 20.8 Å². The first kappa shape index (κ1) is 35.9. The van der Waals surface area contributed by atoms with Crippen LogP contribution in [-0.2, 0) is 43.9 Å². The van der Waals surface area contributed by atoms with E-state index in [0.29, 0.717) is 11.3 Å². The molecule has 3 aliphatic rings. The standard InChI is InChI=1S/C26H32F2N8O10P2S2/c1-4-26(2,3)34-20-16-22(31-8-29-20)36(10-33-16)24-15(28)18-13(44-24)7-42-48(40,50)46-19-17(37)12(6-41-47(39,49)45-18)43-25(19)35-5-11(27)14-21(35)30-9-32-23(14)38/h5,8-10,12-13,15,17-19,24-25,37H,4,6-7H2,1-3H3,(H,39,49)(H,40,50)(H,29,31,34)(H,30,32,38)/t12-,13-,15-,17-,18-,19-,24-,25-,47?,48?/m1/s1. The highest BCUT2D eigenvalue weighted by Gasteiger charge is 2.53. The molecule has 0 amide bonds. The van der Waals surface area contributed by atoms with Crippen molar-refractivity contribution in [2.24, 2.45) is 0 Å². The van der Waals surface area contributed by atoms with Crippen LogP contribution in [0.1, 0.15) is 39.6 Å². The molecule has 10 atom stereocenters. The summed E-state index contributed by atoms with van der Waals surface area (Å²) in [7, 11) is 0. The lowest BCUT2D eigenvalue weighted by Gasteiger charge is -2.27. The van der Waals surface area contributed by atoms with Gasteiger partial charge in [-0.15, -0.1) is 0 Å². The molecule has 18 nitrogen and oxygen atoms in total. The van der Waals surface area contributed by atoms with Gasteiger partial charge >= 0.3 is 13.5 Å². The number of halogens is 2. The fraction of sp³-hybridized carbons (Fsp3) is 0.577. The van der Waals surface area contributed by atoms with Gasteiger partial charge in [-0.25, -0.2) is 33.3 Å². The van der Waals surface area contributed by atoms with Crippen molar-refractivity contribution in [1.29, 1.82) is 0 Å². The van der Waals surface area contributed by atoms with Gasteiger partial charge in [-0.1, -0.05) is 19.2 Å². The highest BCUT2D eigenvalue weighted by Crippen LogP contribution is 2.58. The summed E-state index contributed by atoms with van der Waals surface area (Å²) in [6.45, 7) is -4.15. The topological polar surface area (TPSA) is 219 Å². The molecule has 272 valence electrons. The van der Waals surface area contributed by atoms with Gasteiger partial charge in [-0.3, -0.25) is 22.9 Å². The fourth-order valence-electron chi connectivity index (χ4n) is 5.86. The molecule has 0 saturated carbocycles. The SMILES string of the molecule is CCC(C)(C)Nc1ncnc2c1ncn2[C@@H]1O[C@@H]2COP(O)(=S)O[C@@H]3[C@H](O)[C@@H](COP(=O)(S)O[C@H]2[C@H]1F)O[C@H]3n1cc(F)c2c(=O)[nH]cnc21. The van der Waals surface area contributed by atoms with Crippen LogP contribution in [0.4, 0.5) is 14.6 Å². The number of thiol groups is 1. The number of ether oxygens (including phenoxy) is 2. The number of aliphatic hydroxyl groups excluding tert-OH is 1. The van der Waals surface area contributed by atoms with Crippen molar-refractivity contribution < 1.29 is 50.9 Å². The summed E-state index contributed by atoms with van der Waals surface area (Å²) >= 11 is 9.28. The van der Waals surface area contributed by atoms with E-state index >= 15 is 4.39 Å². The Kier molecular flexibility index (Phi) is 9.48. The van der Waals surface area contributed by atoms with Crippen LogP contribution in [0, 0.1) is 5.82 Å². The second-order valence-electron chi connectivity index (χ2n) is 12.5. The van der Waals surface area contributed by atoms with Crippen LogP contribution in [0.15, 0.2) is 30.0 Å². The van der Waals surface area contributed by atoms with Gasteiger partial charge in [0.25, 0.3) is 5.56 Å². The van der Waals surface area contributed by atoms with E-state index in [1.165, 1.54) is 17.2 Å². The molecular weight excluding hydrogens is 748 g/mol. The zero-order chi connectivity index (χ0) is 35.7. The number of anilines is 1. The maximum atomic E-state index is 16.3. The Bertz CT molecular complexity index is 2090. The normalized spacial score (nSPS) is 35.4. The smallest absolute Gasteiger partial charge is 0.386 e. The van der Waals surface area contributed by atoms with Crippen molar-refractivity contribution in [3.8, 4) is 0 Å². The fourth-order valence-corrected chi connectivity index (χ4v) is 8.75. The van der Waals surface area contributed by atoms with E-state index in [0.717, 1.165) is 23.5 Å². The van der Waals surface area contributed by atoms with E-state index in [-0.39, 0.29) is 16.8 Å². The Morgan fingerprint density at radius 1 is 1.10 bits per heavy atom. The minimum absolute atomic E-state index is 0.174. The Labute approximate surface area is 291 Å². The van der Waals surface area contributed by atoms with Crippen molar-refractivity contribution in [2.45, 2.75) is 81.9 Å². The molecule has 4 N–H and O–H groups in total. The lowest BCUT2D eigenvalue weighted by atomic mass is 10.0. The summed E-state index contributed by atoms with van der Waals surface area (Å²) in [6.07, 6.45) is -7.24. The summed E-state index contributed by atoms with van der Waals surface area (Å²) in [5, 5.41) is 14.1. The quantitative estimate of drug-likeness (QED) is 0.145. The molecule has 3 saturated heterocycles. The lowest BCUT2D eigenvalue weighted by Crippen LogP contribution is -2.35. The number of imidazole rings is 1. The predicted octanol–water partition coefficient (Wildman–Crippen LogP) is 2.87. The van der Waals surface area contributed by atoms with Gasteiger partial charge in [0.1, 0.15) is 42.2 Å². The van der Waals surface area contributed by atoms with E-state index in [9.17, 15) is 23.7 Å². The van der Waals surface area contributed by atoms with Gasteiger partial charge in [0.15, 0.2) is 47.1 Å². The molecule has 2 bridgehead atoms. The molecule has 0 aromatic carbocycles. The molecule has 24 heteroatoms. The van der Waals surface area contributed by atoms with Crippen molar-refractivity contribution >= 4 is 65.6 Å². The first-order chi connectivity index (χ1) is 23.6. The average Bonchev–Trinajstić information content (AvgIpc) is 3.79. The Hall–Kier alpha value is -2.46. The van der Waals surface area contributed by atoms with Gasteiger partial charge in [-0.05, 0) is 32.1 Å². The Morgan fingerprint density at radius 2 is 1.84 bits per heavy atom. The highest BCUT2D eigenvalue weighted by atomic mass is 32.7. The molecule has 3 aliphatic heterocycles. The zero-order valence-corrected chi connectivity index (χ0v) is 29.9. The molecule has 7 heterocycles. The van der Waals surface area contributed by atoms with Crippen molar-refractivity contribution in [2.75, 3.05) is 18.5 Å². The molecule has 50 heavy (non-hydrogen) atoms. The third-order valence-corrected chi connectivity index (χ3v) is 11.9. The molecule has 4 aromatic rings. The van der Waals surface area contributed by atoms with Gasteiger partial charge in [0, 0.05) is 11.7 Å². The molecule has 0 spiro atoms. The summed E-state index contributed by atoms with van der Waals surface area (Å²) < 4.78 is 81.3. The number of nitrogens with one attached hydrogen (secondary N) is 2. The molecule has 0 aliphatic carbocycles. The van der Waals surface area contributed by atoms with Gasteiger partial charge in [0.05, 0.1) is 25.9 Å². The molecule has 4 aromatic heterocycles. The van der Waals surface area contributed by atoms with Crippen molar-refractivity contribution in [3.05, 3.63) is 41.3 Å². The minimum atomic E-state index is -4.45. The second-order valence-corrected chi connectivity index (χ2v) is 18.1. The largest absolute Gasteiger partial charge is 0.387 e. The third kappa shape index (κ3) is 6.65. The number of nitrogens with zero attached hydrogens (tertiary/aromatic N) is 6. The van der Waals surface area contributed by atoms with E-state index in [2.05, 4.69) is 42.5 Å². The lowest BCUT2D eigenvalue weighted by molar-refractivity contribution is -0.0586. The van der Waals surface area contributed by atoms with Crippen molar-refractivity contribution in [3.63, 3.8) is 0 Å². The van der Waals surface area contributed by atoms with Crippen molar-refractivity contribution in [1.82, 2.24) is 34.1 Å². The van der Waals surface area contributed by atoms with E-state index in [1.54, 1.807) is 0 Å². The Morgan fingerprint density at radius 3 is 2.60 bits per heavy atom. The van der Waals surface area contributed by atoms with Crippen LogP contribution in [-0.4, -0.2) is 99.5 Å². The molecular formula is C26H32F2N8O10P2S2. The number of aliphatic hydroxyl groups is 1. The van der Waals surface area contributed by atoms with Crippen LogP contribution < -0.4 is 10.9 Å². The number of aromatic amines is 1. The van der Waals surface area contributed by atoms with Gasteiger partial charge < -0.3 is 38.9 Å². The maximum absolute atomic E-state index is 16.3. The van der Waals surface area contributed by atoms with E-state index in [4.69, 9.17) is 39.4 Å². The monoisotopic (exact) mass is 780 g/mol. The number of fused-ring (bicyclic) bond motifs is 5. The summed E-state index contributed by atoms with van der Waals surface area (Å²) in [6, 6.07) is 0. The van der Waals surface area contributed by atoms with Crippen LogP contribution >= 0.6 is 25.8 Å². The van der Waals surface area contributed by atoms with Crippen LogP contribution in [0.25, 0.3) is 22.2 Å². The maximum Gasteiger partial charge on any atom is 0.386 e. The van der Waals surface area contributed by atoms with Gasteiger partial charge in [0.2, 0.25) is 0 Å². The van der Waals surface area contributed by atoms with E-state index < -0.39 is 92.6 Å². The highest BCUT2D eigenvalue weighted by molar-refractivity contribution is 8.44. The predicted molar refractivity (Wildman–Crippen MR) is 177 cm³/mol. The Balaban J connectivity index is 1.19. The molecule has 0 radical (unpaired) electrons. The molecule has 7 rings (SSSR count). The number of alkyl halides is 1. The number of hydrogen-bond acceptors (Lipinski definition) is 15. The van der Waals surface area contributed by atoms with Crippen LogP contribution in [0.3, 0.4) is 0 Å². The number of aromatic nitrogens is 7. The van der Waals surface area contributed by atoms with Crippen LogP contribution in [0.5, 0.6) is 0 Å². The number of H-pyrrole nitrogens is 1. The van der Waals surface area contributed by atoms with Gasteiger partial charge in [-0.2, -0.15) is 0 Å². The summed E-state index contributed by atoms with van der Waals surface area (Å²) in [4.78, 5) is 42.7. The van der Waals surface area contributed by atoms with Crippen LogP contribution in [0.2, 0.25) is 0 Å². The average molecular weight is 781 g/mol. The molecule has 2 unspecified atom stereocenters. The second kappa shape index (κ2) is 13.2. The number of hydrogen-bond donors (Lipinski definition) is 5. The third-order valence-electron chi connectivity index (χ3n) is 8.71. The number of rotatable bonds is 5. The first-order valence-electron chi connectivity index (χ1n) is 15.2. The minimum Gasteiger partial charge on any atom is -0.387 e.